The summed E-state index contributed by atoms with van der Waals surface area (Å²) in [6.45, 7) is 6.22. The summed E-state index contributed by atoms with van der Waals surface area (Å²) in [6, 6.07) is 5.57. The van der Waals surface area contributed by atoms with Gasteiger partial charge in [0.15, 0.2) is 17.4 Å². The minimum atomic E-state index is -2.47. The number of hydrogen-bond acceptors (Lipinski definition) is 8. The van der Waals surface area contributed by atoms with E-state index in [-0.39, 0.29) is 18.3 Å². The fourth-order valence-corrected chi connectivity index (χ4v) is 4.68. The molecule has 3 aliphatic rings. The van der Waals surface area contributed by atoms with Gasteiger partial charge in [0.2, 0.25) is 6.41 Å². The van der Waals surface area contributed by atoms with Gasteiger partial charge >= 0.3 is 0 Å². The third-order valence-corrected chi connectivity index (χ3v) is 6.63. The zero-order valence-corrected chi connectivity index (χ0v) is 19.7. The Balaban J connectivity index is 0.000000204. The number of alkyl halides is 2. The molecule has 1 amide bonds. The van der Waals surface area contributed by atoms with Gasteiger partial charge in [0, 0.05) is 50.9 Å². The Morgan fingerprint density at radius 2 is 2.00 bits per heavy atom. The maximum atomic E-state index is 13.6. The topological polar surface area (TPSA) is 96.9 Å². The summed E-state index contributed by atoms with van der Waals surface area (Å²) in [5, 5.41) is 24.5. The van der Waals surface area contributed by atoms with Crippen molar-refractivity contribution < 1.29 is 23.1 Å². The molecule has 3 aliphatic heterocycles. The quantitative estimate of drug-likeness (QED) is 0.555. The van der Waals surface area contributed by atoms with Crippen molar-refractivity contribution in [2.45, 2.75) is 31.5 Å². The Bertz CT molecular complexity index is 1040. The van der Waals surface area contributed by atoms with E-state index in [9.17, 15) is 23.1 Å². The number of aromatic nitrogens is 2. The van der Waals surface area contributed by atoms with Gasteiger partial charge in [-0.1, -0.05) is 6.07 Å². The van der Waals surface area contributed by atoms with Crippen molar-refractivity contribution >= 4 is 17.9 Å². The number of aromatic hydroxyl groups is 1. The summed E-state index contributed by atoms with van der Waals surface area (Å²) < 4.78 is 38.2. The molecule has 12 heteroatoms. The Morgan fingerprint density at radius 3 is 2.71 bits per heavy atom. The molecule has 2 fully saturated rings. The molecule has 0 radical (unpaired) electrons. The summed E-state index contributed by atoms with van der Waals surface area (Å²) in [5.74, 6) is -0.302. The highest BCUT2D eigenvalue weighted by molar-refractivity contribution is 5.76. The van der Waals surface area contributed by atoms with Crippen LogP contribution in [0.5, 0.6) is 5.75 Å². The molecule has 0 bridgehead atoms. The van der Waals surface area contributed by atoms with Gasteiger partial charge in [-0.15, -0.1) is 10.2 Å². The molecule has 9 nitrogen and oxygen atoms in total. The summed E-state index contributed by atoms with van der Waals surface area (Å²) in [5.41, 5.74) is 1.79. The lowest BCUT2D eigenvalue weighted by atomic mass is 10.1. The number of carbonyl (C=O) groups is 1. The van der Waals surface area contributed by atoms with Crippen molar-refractivity contribution in [3.05, 3.63) is 30.1 Å². The van der Waals surface area contributed by atoms with Crippen LogP contribution in [0.3, 0.4) is 0 Å². The second-order valence-electron chi connectivity index (χ2n) is 9.05. The van der Waals surface area contributed by atoms with E-state index >= 15 is 0 Å². The SMILES string of the molecule is CC1CNCC(C(F)F)N1C=O.CN1CCN2c3cc(-c4cccc(F)c4O)nnc3NCC2C1. The number of halogens is 3. The van der Waals surface area contributed by atoms with E-state index in [0.717, 1.165) is 37.7 Å². The van der Waals surface area contributed by atoms with Crippen molar-refractivity contribution in [3.63, 3.8) is 0 Å². The first-order valence-corrected chi connectivity index (χ1v) is 11.6. The molecule has 1 aromatic heterocycles. The standard InChI is InChI=1S/C16H18FN5O.C7H12F2N2O/c1-21-5-6-22-10(9-21)8-18-16-14(22)7-13(19-20-16)11-3-2-4-12(17)15(11)23;1-5-2-10-3-6(7(8)9)11(5)4-12/h2-4,7,10,23H,5-6,8-9H2,1H3,(H,18,20);4-7,10H,2-3H2,1H3. The largest absolute Gasteiger partial charge is 0.504 e. The van der Waals surface area contributed by atoms with Gasteiger partial charge in [-0.25, -0.2) is 13.2 Å². The number of anilines is 2. The minimum absolute atomic E-state index is 0.143. The van der Waals surface area contributed by atoms with Crippen LogP contribution in [0.15, 0.2) is 24.3 Å². The van der Waals surface area contributed by atoms with E-state index in [4.69, 9.17) is 0 Å². The highest BCUT2D eigenvalue weighted by atomic mass is 19.3. The molecular weight excluding hydrogens is 463 g/mol. The molecule has 3 atom stereocenters. The molecule has 1 aromatic carbocycles. The lowest BCUT2D eigenvalue weighted by Gasteiger charge is -2.44. The van der Waals surface area contributed by atoms with Crippen molar-refractivity contribution in [1.82, 2.24) is 25.3 Å². The highest BCUT2D eigenvalue weighted by Gasteiger charge is 2.33. The lowest BCUT2D eigenvalue weighted by Crippen LogP contribution is -2.58. The number of para-hydroxylation sites is 1. The number of amides is 1. The Morgan fingerprint density at radius 1 is 1.20 bits per heavy atom. The number of nitrogens with zero attached hydrogens (tertiary/aromatic N) is 5. The average Bonchev–Trinajstić information content (AvgIpc) is 2.85. The molecule has 5 rings (SSSR count). The minimum Gasteiger partial charge on any atom is -0.504 e. The van der Waals surface area contributed by atoms with Gasteiger partial charge < -0.3 is 30.4 Å². The number of hydrogen-bond donors (Lipinski definition) is 3. The zero-order valence-electron chi connectivity index (χ0n) is 19.7. The predicted molar refractivity (Wildman–Crippen MR) is 126 cm³/mol. The Labute approximate surface area is 201 Å². The van der Waals surface area contributed by atoms with E-state index < -0.39 is 18.3 Å². The molecule has 0 spiro atoms. The van der Waals surface area contributed by atoms with Crippen molar-refractivity contribution in [1.29, 1.82) is 0 Å². The van der Waals surface area contributed by atoms with Gasteiger partial charge in [-0.2, -0.15) is 0 Å². The normalized spacial score (nSPS) is 24.1. The molecule has 190 valence electrons. The van der Waals surface area contributed by atoms with Crippen LogP contribution in [0.4, 0.5) is 24.7 Å². The van der Waals surface area contributed by atoms with Gasteiger partial charge in [0.1, 0.15) is 6.04 Å². The molecule has 3 unspecified atom stereocenters. The van der Waals surface area contributed by atoms with Crippen molar-refractivity contribution in [2.75, 3.05) is 56.5 Å². The number of likely N-dealkylation sites (N-methyl/N-ethyl adjacent to an activating group) is 1. The third kappa shape index (κ3) is 5.27. The molecule has 0 saturated carbocycles. The number of piperazine rings is 2. The summed E-state index contributed by atoms with van der Waals surface area (Å²) in [6.07, 6.45) is -1.96. The Hall–Kier alpha value is -3.12. The van der Waals surface area contributed by atoms with E-state index in [1.807, 2.05) is 6.07 Å². The van der Waals surface area contributed by atoms with Crippen molar-refractivity contribution in [2.24, 2.45) is 0 Å². The van der Waals surface area contributed by atoms with E-state index in [2.05, 4.69) is 37.7 Å². The van der Waals surface area contributed by atoms with Crippen LogP contribution in [0, 0.1) is 5.82 Å². The number of rotatable bonds is 3. The molecule has 35 heavy (non-hydrogen) atoms. The van der Waals surface area contributed by atoms with Crippen LogP contribution in [0.1, 0.15) is 6.92 Å². The number of phenolic OH excluding ortho intramolecular Hbond substituents is 1. The molecule has 3 N–H and O–H groups in total. The zero-order chi connectivity index (χ0) is 25.1. The molecular formula is C23H30F3N7O2. The second kappa shape index (κ2) is 10.6. The van der Waals surface area contributed by atoms with Gasteiger partial charge in [-0.05, 0) is 32.2 Å². The van der Waals surface area contributed by atoms with Crippen LogP contribution in [-0.2, 0) is 4.79 Å². The van der Waals surface area contributed by atoms with Gasteiger partial charge in [-0.3, -0.25) is 4.79 Å². The number of benzene rings is 1. The van der Waals surface area contributed by atoms with Crippen molar-refractivity contribution in [3.8, 4) is 17.0 Å². The second-order valence-corrected chi connectivity index (χ2v) is 9.05. The Kier molecular flexibility index (Phi) is 7.60. The third-order valence-electron chi connectivity index (χ3n) is 6.63. The number of nitrogens with one attached hydrogen (secondary N) is 2. The molecule has 4 heterocycles. The molecule has 2 aromatic rings. The van der Waals surface area contributed by atoms with E-state index in [0.29, 0.717) is 30.3 Å². The predicted octanol–water partition coefficient (Wildman–Crippen LogP) is 1.60. The smallest absolute Gasteiger partial charge is 0.259 e. The first-order chi connectivity index (χ1) is 16.8. The number of carbonyl (C=O) groups excluding carboxylic acids is 1. The van der Waals surface area contributed by atoms with Crippen LogP contribution in [-0.4, -0.2) is 102 Å². The monoisotopic (exact) mass is 493 g/mol. The lowest BCUT2D eigenvalue weighted by molar-refractivity contribution is -0.128. The highest BCUT2D eigenvalue weighted by Crippen LogP contribution is 2.36. The van der Waals surface area contributed by atoms with Crippen LogP contribution >= 0.6 is 0 Å². The summed E-state index contributed by atoms with van der Waals surface area (Å²) >= 11 is 0. The first kappa shape index (κ1) is 25.0. The van der Waals surface area contributed by atoms with E-state index in [1.54, 1.807) is 19.1 Å². The van der Waals surface area contributed by atoms with Gasteiger partial charge in [0.25, 0.3) is 6.43 Å². The fraction of sp³-hybridized carbons (Fsp3) is 0.522. The summed E-state index contributed by atoms with van der Waals surface area (Å²) in [4.78, 5) is 16.3. The van der Waals surface area contributed by atoms with Crippen LogP contribution in [0.25, 0.3) is 11.3 Å². The van der Waals surface area contributed by atoms with Gasteiger partial charge in [0.05, 0.1) is 17.4 Å². The van der Waals surface area contributed by atoms with E-state index in [1.165, 1.54) is 11.0 Å². The first-order valence-electron chi connectivity index (χ1n) is 11.6. The summed E-state index contributed by atoms with van der Waals surface area (Å²) in [7, 11) is 2.12. The molecule has 2 saturated heterocycles. The average molecular weight is 494 g/mol. The number of fused-ring (bicyclic) bond motifs is 3. The van der Waals surface area contributed by atoms with Crippen LogP contribution in [0.2, 0.25) is 0 Å². The number of phenols is 1. The molecule has 0 aliphatic carbocycles. The van der Waals surface area contributed by atoms with Crippen LogP contribution < -0.4 is 15.5 Å². The maximum absolute atomic E-state index is 13.6. The fourth-order valence-electron chi connectivity index (χ4n) is 4.68. The maximum Gasteiger partial charge on any atom is 0.259 e.